The van der Waals surface area contributed by atoms with Gasteiger partial charge in [0.2, 0.25) is 0 Å². The molecule has 0 atom stereocenters. The molecule has 3 rings (SSSR count). The Balaban J connectivity index is 2.00. The molecule has 25 heavy (non-hydrogen) atoms. The van der Waals surface area contributed by atoms with E-state index in [0.29, 0.717) is 29.6 Å². The van der Waals surface area contributed by atoms with Gasteiger partial charge in [-0.15, -0.1) is 16.8 Å². The van der Waals surface area contributed by atoms with Crippen LogP contribution in [-0.2, 0) is 13.0 Å². The predicted octanol–water partition coefficient (Wildman–Crippen LogP) is 4.08. The first kappa shape index (κ1) is 17.3. The molecular formula is C18H18FN5S. The van der Waals surface area contributed by atoms with E-state index in [1.54, 1.807) is 6.08 Å². The second-order valence-electron chi connectivity index (χ2n) is 5.47. The molecule has 2 aromatic heterocycles. The van der Waals surface area contributed by atoms with Gasteiger partial charge in [0.1, 0.15) is 11.4 Å². The molecule has 0 spiro atoms. The third-order valence-corrected chi connectivity index (χ3v) is 4.65. The van der Waals surface area contributed by atoms with Gasteiger partial charge in [-0.3, -0.25) is 4.57 Å². The Morgan fingerprint density at radius 2 is 1.96 bits per heavy atom. The summed E-state index contributed by atoms with van der Waals surface area (Å²) in [7, 11) is 0. The third-order valence-electron chi connectivity index (χ3n) is 3.69. The van der Waals surface area contributed by atoms with E-state index in [-0.39, 0.29) is 5.03 Å². The maximum absolute atomic E-state index is 14.4. The van der Waals surface area contributed by atoms with Crippen LogP contribution in [0.4, 0.5) is 4.39 Å². The van der Waals surface area contributed by atoms with Crippen molar-refractivity contribution >= 4 is 11.8 Å². The molecule has 0 amide bonds. The molecule has 0 aliphatic carbocycles. The number of rotatable bonds is 6. The molecule has 0 aliphatic heterocycles. The molecule has 0 aliphatic rings. The molecule has 7 heteroatoms. The largest absolute Gasteiger partial charge is 0.298 e. The molecule has 1 aromatic carbocycles. The zero-order valence-electron chi connectivity index (χ0n) is 14.1. The maximum Gasteiger partial charge on any atom is 0.198 e. The van der Waals surface area contributed by atoms with E-state index in [1.807, 2.05) is 42.7 Å². The SMILES string of the molecule is C=CCn1c(Sc2ncnc(CC)c2F)nnc1-c1ccc(C)cc1. The van der Waals surface area contributed by atoms with Gasteiger partial charge in [-0.2, -0.15) is 0 Å². The summed E-state index contributed by atoms with van der Waals surface area (Å²) in [5.41, 5.74) is 2.51. The van der Waals surface area contributed by atoms with Crippen molar-refractivity contribution in [1.29, 1.82) is 0 Å². The summed E-state index contributed by atoms with van der Waals surface area (Å²) in [6.07, 6.45) is 3.65. The van der Waals surface area contributed by atoms with Crippen molar-refractivity contribution in [2.45, 2.75) is 37.0 Å². The Labute approximate surface area is 150 Å². The Morgan fingerprint density at radius 1 is 1.20 bits per heavy atom. The van der Waals surface area contributed by atoms with Crippen LogP contribution >= 0.6 is 11.8 Å². The molecular weight excluding hydrogens is 337 g/mol. The predicted molar refractivity (Wildman–Crippen MR) is 95.9 cm³/mol. The van der Waals surface area contributed by atoms with E-state index >= 15 is 0 Å². The molecule has 5 nitrogen and oxygen atoms in total. The van der Waals surface area contributed by atoms with Crippen molar-refractivity contribution in [3.05, 3.63) is 60.3 Å². The second-order valence-corrected chi connectivity index (χ2v) is 6.42. The first-order valence-electron chi connectivity index (χ1n) is 7.92. The summed E-state index contributed by atoms with van der Waals surface area (Å²) in [6.45, 7) is 8.20. The van der Waals surface area contributed by atoms with Crippen LogP contribution in [0, 0.1) is 12.7 Å². The molecule has 0 saturated carbocycles. The summed E-state index contributed by atoms with van der Waals surface area (Å²) >= 11 is 1.14. The number of aromatic nitrogens is 5. The zero-order valence-corrected chi connectivity index (χ0v) is 14.9. The molecule has 0 fully saturated rings. The van der Waals surface area contributed by atoms with E-state index in [0.717, 1.165) is 17.3 Å². The minimum atomic E-state index is -0.403. The van der Waals surface area contributed by atoms with Gasteiger partial charge in [0, 0.05) is 12.1 Å². The van der Waals surface area contributed by atoms with Crippen LogP contribution in [0.5, 0.6) is 0 Å². The fraction of sp³-hybridized carbons (Fsp3) is 0.222. The van der Waals surface area contributed by atoms with Crippen LogP contribution < -0.4 is 0 Å². The summed E-state index contributed by atoms with van der Waals surface area (Å²) < 4.78 is 16.3. The fourth-order valence-electron chi connectivity index (χ4n) is 2.37. The molecule has 128 valence electrons. The van der Waals surface area contributed by atoms with E-state index in [9.17, 15) is 4.39 Å². The summed E-state index contributed by atoms with van der Waals surface area (Å²) in [5.74, 6) is 0.313. The second kappa shape index (κ2) is 7.57. The standard InChI is InChI=1S/C18H18FN5S/c1-4-10-24-16(13-8-6-12(3)7-9-13)22-23-18(24)25-17-15(19)14(5-2)20-11-21-17/h4,6-9,11H,1,5,10H2,2-3H3. The molecule has 2 heterocycles. The van der Waals surface area contributed by atoms with Gasteiger partial charge in [-0.05, 0) is 25.1 Å². The van der Waals surface area contributed by atoms with Crippen LogP contribution in [0.2, 0.25) is 0 Å². The number of halogens is 1. The average Bonchev–Trinajstić information content (AvgIpc) is 3.00. The maximum atomic E-state index is 14.4. The van der Waals surface area contributed by atoms with Crippen LogP contribution in [-0.4, -0.2) is 24.7 Å². The van der Waals surface area contributed by atoms with Crippen LogP contribution in [0.1, 0.15) is 18.2 Å². The first-order valence-corrected chi connectivity index (χ1v) is 8.74. The van der Waals surface area contributed by atoms with Crippen LogP contribution in [0.15, 0.2) is 53.4 Å². The zero-order chi connectivity index (χ0) is 17.8. The van der Waals surface area contributed by atoms with Crippen molar-refractivity contribution in [2.24, 2.45) is 0 Å². The van der Waals surface area contributed by atoms with Crippen molar-refractivity contribution in [3.8, 4) is 11.4 Å². The molecule has 3 aromatic rings. The van der Waals surface area contributed by atoms with Gasteiger partial charge in [0.15, 0.2) is 16.8 Å². The minimum Gasteiger partial charge on any atom is -0.298 e. The molecule has 0 unspecified atom stereocenters. The molecule has 0 saturated heterocycles. The highest BCUT2D eigenvalue weighted by atomic mass is 32.2. The van der Waals surface area contributed by atoms with Crippen molar-refractivity contribution in [1.82, 2.24) is 24.7 Å². The lowest BCUT2D eigenvalue weighted by Crippen LogP contribution is -2.02. The van der Waals surface area contributed by atoms with Crippen molar-refractivity contribution in [3.63, 3.8) is 0 Å². The lowest BCUT2D eigenvalue weighted by Gasteiger charge is -2.08. The average molecular weight is 355 g/mol. The lowest BCUT2D eigenvalue weighted by atomic mass is 10.1. The van der Waals surface area contributed by atoms with Gasteiger partial charge in [0.25, 0.3) is 0 Å². The number of hydrogen-bond acceptors (Lipinski definition) is 5. The quantitative estimate of drug-likeness (QED) is 0.492. The normalized spacial score (nSPS) is 10.8. The number of aryl methyl sites for hydroxylation is 2. The number of hydrogen-bond donors (Lipinski definition) is 0. The van der Waals surface area contributed by atoms with Gasteiger partial charge in [-0.25, -0.2) is 14.4 Å². The highest BCUT2D eigenvalue weighted by molar-refractivity contribution is 7.99. The lowest BCUT2D eigenvalue weighted by molar-refractivity contribution is 0.558. The van der Waals surface area contributed by atoms with Crippen molar-refractivity contribution in [2.75, 3.05) is 0 Å². The first-order chi connectivity index (χ1) is 12.1. The fourth-order valence-corrected chi connectivity index (χ4v) is 3.20. The highest BCUT2D eigenvalue weighted by Crippen LogP contribution is 2.30. The van der Waals surface area contributed by atoms with E-state index < -0.39 is 5.82 Å². The summed E-state index contributed by atoms with van der Waals surface area (Å²) in [4.78, 5) is 8.01. The highest BCUT2D eigenvalue weighted by Gasteiger charge is 2.18. The summed E-state index contributed by atoms with van der Waals surface area (Å²) in [6, 6.07) is 8.03. The van der Waals surface area contributed by atoms with E-state index in [4.69, 9.17) is 0 Å². The van der Waals surface area contributed by atoms with Gasteiger partial charge in [0.05, 0.1) is 5.69 Å². The Morgan fingerprint density at radius 3 is 2.64 bits per heavy atom. The molecule has 0 bridgehead atoms. The Bertz CT molecular complexity index is 889. The number of allylic oxidation sites excluding steroid dienone is 1. The smallest absolute Gasteiger partial charge is 0.198 e. The topological polar surface area (TPSA) is 56.5 Å². The molecule has 0 radical (unpaired) electrons. The Kier molecular flexibility index (Phi) is 5.23. The van der Waals surface area contributed by atoms with Crippen LogP contribution in [0.3, 0.4) is 0 Å². The van der Waals surface area contributed by atoms with Gasteiger partial charge in [-0.1, -0.05) is 42.8 Å². The summed E-state index contributed by atoms with van der Waals surface area (Å²) in [5, 5.41) is 9.32. The number of nitrogens with zero attached hydrogens (tertiary/aromatic N) is 5. The Hall–Kier alpha value is -2.54. The monoisotopic (exact) mass is 355 g/mol. The minimum absolute atomic E-state index is 0.250. The van der Waals surface area contributed by atoms with Gasteiger partial charge < -0.3 is 0 Å². The van der Waals surface area contributed by atoms with E-state index in [2.05, 4.69) is 26.7 Å². The number of benzene rings is 1. The van der Waals surface area contributed by atoms with Crippen molar-refractivity contribution < 1.29 is 4.39 Å². The van der Waals surface area contributed by atoms with Crippen LogP contribution in [0.25, 0.3) is 11.4 Å². The molecule has 0 N–H and O–H groups in total. The van der Waals surface area contributed by atoms with E-state index in [1.165, 1.54) is 11.9 Å². The third kappa shape index (κ3) is 3.61. The van der Waals surface area contributed by atoms with Gasteiger partial charge >= 0.3 is 0 Å².